The monoisotopic (exact) mass is 724 g/mol. The average Bonchev–Trinajstić information content (AvgIpc) is 3.51. The van der Waals surface area contributed by atoms with Gasteiger partial charge < -0.3 is 35.5 Å². The summed E-state index contributed by atoms with van der Waals surface area (Å²) in [6, 6.07) is 7.37. The van der Waals surface area contributed by atoms with E-state index in [-0.39, 0.29) is 62.2 Å². The van der Waals surface area contributed by atoms with Gasteiger partial charge in [-0.3, -0.25) is 19.4 Å². The van der Waals surface area contributed by atoms with E-state index in [4.69, 9.17) is 22.1 Å². The lowest BCUT2D eigenvalue weighted by Gasteiger charge is -2.37. The molecule has 272 valence electrons. The third kappa shape index (κ3) is 8.29. The summed E-state index contributed by atoms with van der Waals surface area (Å²) in [4.78, 5) is 51.5. The molecular weight excluding hydrogens is 682 g/mol. The van der Waals surface area contributed by atoms with Crippen molar-refractivity contribution in [1.82, 2.24) is 24.7 Å². The number of hydrogen-bond acceptors (Lipinski definition) is 8. The predicted octanol–water partition coefficient (Wildman–Crippen LogP) is 4.35. The first-order valence-electron chi connectivity index (χ1n) is 16.8. The fraction of sp³-hybridized carbons (Fsp3) is 0.417. The van der Waals surface area contributed by atoms with Crippen molar-refractivity contribution in [3.8, 4) is 11.3 Å². The van der Waals surface area contributed by atoms with Crippen LogP contribution in [0.1, 0.15) is 53.2 Å². The van der Waals surface area contributed by atoms with E-state index in [2.05, 4.69) is 20.6 Å². The van der Waals surface area contributed by atoms with Gasteiger partial charge >= 0.3 is 0 Å². The van der Waals surface area contributed by atoms with Crippen LogP contribution in [0.25, 0.3) is 16.8 Å². The molecule has 12 nitrogen and oxygen atoms in total. The maximum absolute atomic E-state index is 15.6. The number of methoxy groups -OCH3 is 1. The van der Waals surface area contributed by atoms with Crippen molar-refractivity contribution in [2.75, 3.05) is 64.8 Å². The molecule has 0 spiro atoms. The first-order valence-corrected chi connectivity index (χ1v) is 17.2. The molecule has 3 heterocycles. The van der Waals surface area contributed by atoms with Crippen LogP contribution >= 0.6 is 11.6 Å². The molecule has 2 fully saturated rings. The number of halogens is 3. The molecule has 0 radical (unpaired) electrons. The molecule has 2 aliphatic rings. The molecule has 0 unspecified atom stereocenters. The number of piperazine rings is 1. The van der Waals surface area contributed by atoms with Crippen molar-refractivity contribution >= 4 is 46.3 Å². The van der Waals surface area contributed by atoms with Crippen LogP contribution in [0.15, 0.2) is 47.2 Å². The lowest BCUT2D eigenvalue weighted by atomic mass is 9.96. The Bertz CT molecular complexity index is 1860. The number of nitrogens with zero attached hydrogens (tertiary/aromatic N) is 5. The largest absolute Gasteiger partial charge is 0.402 e. The van der Waals surface area contributed by atoms with Crippen LogP contribution in [-0.2, 0) is 16.6 Å². The van der Waals surface area contributed by atoms with Crippen LogP contribution in [0.5, 0.6) is 0 Å². The summed E-state index contributed by atoms with van der Waals surface area (Å²) >= 11 is 6.52. The zero-order valence-electron chi connectivity index (χ0n) is 29.2. The van der Waals surface area contributed by atoms with E-state index in [0.29, 0.717) is 50.7 Å². The Hall–Kier alpha value is -4.66. The number of anilines is 1. The highest BCUT2D eigenvalue weighted by Crippen LogP contribution is 2.31. The smallest absolute Gasteiger partial charge is 0.291 e. The summed E-state index contributed by atoms with van der Waals surface area (Å²) in [5, 5.41) is 6.12. The molecule has 2 aromatic carbocycles. The maximum atomic E-state index is 15.6. The number of piperidine rings is 1. The second-order valence-corrected chi connectivity index (χ2v) is 13.0. The molecule has 1 aromatic heterocycles. The van der Waals surface area contributed by atoms with Gasteiger partial charge in [0.05, 0.1) is 35.6 Å². The second kappa shape index (κ2) is 16.6. The van der Waals surface area contributed by atoms with Crippen molar-refractivity contribution in [3.63, 3.8) is 0 Å². The van der Waals surface area contributed by atoms with Crippen LogP contribution in [0.3, 0.4) is 0 Å². The van der Waals surface area contributed by atoms with Crippen molar-refractivity contribution in [3.05, 3.63) is 75.8 Å². The Balaban J connectivity index is 1.25. The van der Waals surface area contributed by atoms with Crippen molar-refractivity contribution in [2.24, 2.45) is 23.7 Å². The van der Waals surface area contributed by atoms with Gasteiger partial charge in [0.15, 0.2) is 17.5 Å². The topological polar surface area (TPSA) is 147 Å². The molecule has 3 amide bonds. The van der Waals surface area contributed by atoms with Gasteiger partial charge in [0.25, 0.3) is 11.8 Å². The van der Waals surface area contributed by atoms with Gasteiger partial charge in [0.1, 0.15) is 0 Å². The Morgan fingerprint density at radius 3 is 2.35 bits per heavy atom. The number of imidazole rings is 1. The number of aromatic nitrogens is 2. The molecule has 0 aliphatic carbocycles. The molecule has 4 N–H and O–H groups in total. The molecule has 2 saturated heterocycles. The lowest BCUT2D eigenvalue weighted by molar-refractivity contribution is -0.137. The number of carbonyl (C=O) groups excluding carboxylic acids is 3. The van der Waals surface area contributed by atoms with Crippen molar-refractivity contribution in [2.45, 2.75) is 26.7 Å². The predicted molar refractivity (Wildman–Crippen MR) is 193 cm³/mol. The molecule has 0 saturated carbocycles. The standard InChI is InChI=1S/C36H43ClF2N8O4/c1-21(40)30(22(2)42-13-18-51-4)27-8-7-26(31(38)32(27)39)29-20-43-33(45(29)3)34(48)44-24-5-6-25(28(37)19-24)36(50)47-16-14-46(15-17-47)35(49)23-9-11-41-12-10-23/h5-8,19-20,23,41H,9-18,40H2,1-4H3,(H,44,48)/b30-21+,42-22?. The molecule has 0 atom stereocenters. The summed E-state index contributed by atoms with van der Waals surface area (Å²) in [7, 11) is 3.05. The van der Waals surface area contributed by atoms with Gasteiger partial charge in [-0.05, 0) is 64.0 Å². The van der Waals surface area contributed by atoms with Crippen LogP contribution in [0, 0.1) is 17.6 Å². The number of amides is 3. The van der Waals surface area contributed by atoms with Gasteiger partial charge in [0, 0.05) is 80.1 Å². The van der Waals surface area contributed by atoms with Crippen LogP contribution in [0.2, 0.25) is 5.02 Å². The number of carbonyl (C=O) groups is 3. The van der Waals surface area contributed by atoms with Crippen molar-refractivity contribution < 1.29 is 27.9 Å². The van der Waals surface area contributed by atoms with Gasteiger partial charge in [-0.15, -0.1) is 0 Å². The van der Waals surface area contributed by atoms with Gasteiger partial charge in [-0.1, -0.05) is 17.7 Å². The van der Waals surface area contributed by atoms with E-state index in [1.807, 2.05) is 4.90 Å². The van der Waals surface area contributed by atoms with Gasteiger partial charge in [-0.25, -0.2) is 13.8 Å². The zero-order valence-corrected chi connectivity index (χ0v) is 29.9. The summed E-state index contributed by atoms with van der Waals surface area (Å²) < 4.78 is 37.5. The van der Waals surface area contributed by atoms with Crippen LogP contribution in [0.4, 0.5) is 14.5 Å². The molecule has 5 rings (SSSR count). The number of allylic oxidation sites excluding steroid dienone is 2. The number of ether oxygens (including phenoxy) is 1. The third-order valence-corrected chi connectivity index (χ3v) is 9.56. The summed E-state index contributed by atoms with van der Waals surface area (Å²) in [6.45, 7) is 7.33. The third-order valence-electron chi connectivity index (χ3n) is 9.24. The van der Waals surface area contributed by atoms with Gasteiger partial charge in [-0.2, -0.15) is 0 Å². The number of benzene rings is 2. The number of aliphatic imine (C=N–C) groups is 1. The normalized spacial score (nSPS) is 16.3. The number of nitrogens with one attached hydrogen (secondary N) is 2. The van der Waals surface area contributed by atoms with E-state index < -0.39 is 17.5 Å². The minimum atomic E-state index is -1.13. The average molecular weight is 725 g/mol. The quantitative estimate of drug-likeness (QED) is 0.208. The molecule has 0 bridgehead atoms. The molecule has 15 heteroatoms. The lowest BCUT2D eigenvalue weighted by Crippen LogP contribution is -2.52. The minimum Gasteiger partial charge on any atom is -0.402 e. The molecule has 2 aliphatic heterocycles. The molecular formula is C36H43ClF2N8O4. The molecule has 3 aromatic rings. The van der Waals surface area contributed by atoms with Gasteiger partial charge in [0.2, 0.25) is 5.91 Å². The number of hydrogen-bond donors (Lipinski definition) is 3. The first kappa shape index (κ1) is 37.6. The number of nitrogens with two attached hydrogens (primary N) is 1. The van der Waals surface area contributed by atoms with Crippen LogP contribution < -0.4 is 16.4 Å². The fourth-order valence-electron chi connectivity index (χ4n) is 6.47. The maximum Gasteiger partial charge on any atom is 0.291 e. The van der Waals surface area contributed by atoms with E-state index in [1.54, 1.807) is 31.9 Å². The Labute approximate surface area is 300 Å². The van der Waals surface area contributed by atoms with Crippen LogP contribution in [-0.4, -0.2) is 102 Å². The summed E-state index contributed by atoms with van der Waals surface area (Å²) in [5.74, 6) is -3.03. The number of rotatable bonds is 10. The highest BCUT2D eigenvalue weighted by atomic mass is 35.5. The highest BCUT2D eigenvalue weighted by molar-refractivity contribution is 6.34. The van der Waals surface area contributed by atoms with E-state index in [9.17, 15) is 14.4 Å². The molecule has 51 heavy (non-hydrogen) atoms. The fourth-order valence-corrected chi connectivity index (χ4v) is 6.73. The van der Waals surface area contributed by atoms with E-state index >= 15 is 8.78 Å². The zero-order chi connectivity index (χ0) is 36.8. The first-order chi connectivity index (χ1) is 24.4. The summed E-state index contributed by atoms with van der Waals surface area (Å²) in [6.07, 6.45) is 2.93. The second-order valence-electron chi connectivity index (χ2n) is 12.6. The highest BCUT2D eigenvalue weighted by Gasteiger charge is 2.31. The van der Waals surface area contributed by atoms with E-state index in [1.165, 1.54) is 42.1 Å². The Morgan fingerprint density at radius 2 is 1.71 bits per heavy atom. The Kier molecular flexibility index (Phi) is 12.2. The Morgan fingerprint density at radius 1 is 1.04 bits per heavy atom. The SMILES string of the molecule is COCCN=C(C)/C(=C(/C)N)c1ccc(-c2cnc(C(=O)Nc3ccc(C(=O)N4CCN(C(=O)C5CCNCC5)CC4)c(Cl)c3)n2C)c(F)c1F. The summed E-state index contributed by atoms with van der Waals surface area (Å²) in [5.41, 5.74) is 7.65. The van der Waals surface area contributed by atoms with Crippen molar-refractivity contribution in [1.29, 1.82) is 0 Å². The van der Waals surface area contributed by atoms with E-state index in [0.717, 1.165) is 25.9 Å². The minimum absolute atomic E-state index is 0.0255.